The molecule has 0 N–H and O–H groups in total. The molecule has 11 aromatic rings. The van der Waals surface area contributed by atoms with E-state index in [0.717, 1.165) is 28.4 Å². The van der Waals surface area contributed by atoms with E-state index in [1.54, 1.807) is 0 Å². The van der Waals surface area contributed by atoms with Crippen LogP contribution < -0.4 is 4.74 Å². The number of para-hydroxylation sites is 4. The SMILES string of the molecule is c1ccc(-c2ccc3c(c2)c2cc(-c4ccccc4)ccc2n3-c2cccc(-c3cccc(-c4cccc5c6cccc7c6n(c45)-c4ccccc4O7)c3)c2)cc1. The van der Waals surface area contributed by atoms with Gasteiger partial charge in [0.25, 0.3) is 0 Å². The predicted octanol–water partition coefficient (Wildman–Crippen LogP) is 14.7. The van der Waals surface area contributed by atoms with Crippen molar-refractivity contribution in [3.63, 3.8) is 0 Å². The van der Waals surface area contributed by atoms with Crippen LogP contribution in [0.5, 0.6) is 11.5 Å². The fourth-order valence-corrected chi connectivity index (χ4v) is 9.10. The molecule has 0 atom stereocenters. The van der Waals surface area contributed by atoms with Crippen LogP contribution in [0.4, 0.5) is 0 Å². The lowest BCUT2D eigenvalue weighted by atomic mass is 9.97. The summed E-state index contributed by atoms with van der Waals surface area (Å²) in [5.74, 6) is 1.75. The molecule has 0 amide bonds. The molecule has 3 nitrogen and oxygen atoms in total. The van der Waals surface area contributed by atoms with Gasteiger partial charge in [-0.25, -0.2) is 0 Å². The average molecular weight is 727 g/mol. The topological polar surface area (TPSA) is 19.1 Å². The van der Waals surface area contributed by atoms with Crippen LogP contribution in [-0.2, 0) is 0 Å². The van der Waals surface area contributed by atoms with Crippen molar-refractivity contribution in [3.05, 3.63) is 206 Å². The Morgan fingerprint density at radius 2 is 0.825 bits per heavy atom. The summed E-state index contributed by atoms with van der Waals surface area (Å²) in [5.41, 5.74) is 16.4. The molecule has 0 aliphatic carbocycles. The minimum absolute atomic E-state index is 0.869. The quantitative estimate of drug-likeness (QED) is 0.173. The minimum atomic E-state index is 0.869. The first-order valence-corrected chi connectivity index (χ1v) is 19.5. The zero-order valence-electron chi connectivity index (χ0n) is 30.9. The molecule has 0 radical (unpaired) electrons. The Kier molecular flexibility index (Phi) is 6.93. The number of aromatic nitrogens is 2. The van der Waals surface area contributed by atoms with E-state index < -0.39 is 0 Å². The van der Waals surface area contributed by atoms with Crippen molar-refractivity contribution in [2.24, 2.45) is 0 Å². The van der Waals surface area contributed by atoms with E-state index in [0.29, 0.717) is 0 Å². The van der Waals surface area contributed by atoms with Crippen molar-refractivity contribution < 1.29 is 4.74 Å². The monoisotopic (exact) mass is 726 g/mol. The number of fused-ring (bicyclic) bond motifs is 8. The highest BCUT2D eigenvalue weighted by Crippen LogP contribution is 2.47. The molecule has 0 bridgehead atoms. The van der Waals surface area contributed by atoms with Crippen LogP contribution in [0.25, 0.3) is 99.5 Å². The van der Waals surface area contributed by atoms with Crippen molar-refractivity contribution in [1.29, 1.82) is 0 Å². The van der Waals surface area contributed by atoms with Gasteiger partial charge in [0.2, 0.25) is 0 Å². The van der Waals surface area contributed by atoms with E-state index in [-0.39, 0.29) is 0 Å². The van der Waals surface area contributed by atoms with Crippen LogP contribution in [0.15, 0.2) is 206 Å². The molecule has 266 valence electrons. The van der Waals surface area contributed by atoms with Gasteiger partial charge >= 0.3 is 0 Å². The molecule has 0 unspecified atom stereocenters. The van der Waals surface area contributed by atoms with Crippen molar-refractivity contribution in [2.45, 2.75) is 0 Å². The van der Waals surface area contributed by atoms with E-state index in [4.69, 9.17) is 4.74 Å². The Bertz CT molecular complexity index is 3270. The van der Waals surface area contributed by atoms with Gasteiger partial charge in [0.05, 0.1) is 27.8 Å². The number of benzene rings is 9. The van der Waals surface area contributed by atoms with Crippen molar-refractivity contribution >= 4 is 43.6 Å². The lowest BCUT2D eigenvalue weighted by molar-refractivity contribution is 0.476. The van der Waals surface area contributed by atoms with Crippen LogP contribution in [-0.4, -0.2) is 9.13 Å². The zero-order chi connectivity index (χ0) is 37.5. The third-order valence-electron chi connectivity index (χ3n) is 11.7. The molecule has 57 heavy (non-hydrogen) atoms. The predicted molar refractivity (Wildman–Crippen MR) is 237 cm³/mol. The van der Waals surface area contributed by atoms with E-state index in [1.165, 1.54) is 82.6 Å². The first-order valence-electron chi connectivity index (χ1n) is 19.5. The summed E-state index contributed by atoms with van der Waals surface area (Å²) < 4.78 is 11.3. The number of nitrogens with zero attached hydrogens (tertiary/aromatic N) is 2. The highest BCUT2D eigenvalue weighted by molar-refractivity contribution is 6.16. The summed E-state index contributed by atoms with van der Waals surface area (Å²) in [4.78, 5) is 0. The van der Waals surface area contributed by atoms with E-state index in [2.05, 4.69) is 209 Å². The molecule has 2 aromatic heterocycles. The van der Waals surface area contributed by atoms with Crippen LogP contribution in [0.2, 0.25) is 0 Å². The summed E-state index contributed by atoms with van der Waals surface area (Å²) in [6.45, 7) is 0. The molecule has 3 heteroatoms. The maximum Gasteiger partial charge on any atom is 0.152 e. The van der Waals surface area contributed by atoms with Crippen molar-refractivity contribution in [2.75, 3.05) is 0 Å². The first-order chi connectivity index (χ1) is 28.3. The maximum atomic E-state index is 6.43. The second-order valence-electron chi connectivity index (χ2n) is 14.9. The van der Waals surface area contributed by atoms with Gasteiger partial charge in [-0.1, -0.05) is 146 Å². The van der Waals surface area contributed by atoms with E-state index in [9.17, 15) is 0 Å². The maximum absolute atomic E-state index is 6.43. The second-order valence-corrected chi connectivity index (χ2v) is 14.9. The Morgan fingerprint density at radius 3 is 1.54 bits per heavy atom. The van der Waals surface area contributed by atoms with Gasteiger partial charge in [-0.05, 0) is 99.6 Å². The second kappa shape index (κ2) is 12.5. The van der Waals surface area contributed by atoms with Crippen molar-refractivity contribution in [1.82, 2.24) is 9.13 Å². The normalized spacial score (nSPS) is 12.0. The van der Waals surface area contributed by atoms with Crippen LogP contribution in [0.1, 0.15) is 0 Å². The standard InChI is InChI=1S/C54H34N2O/c1-3-13-35(14-4-1)39-27-29-48-46(33-39)47-34-40(36-15-5-2-6-16-36)28-30-49(47)55(48)42-20-10-18-38(32-42)37-17-9-19-41(31-37)43-21-11-22-44-45-23-12-26-52-54(45)56(53(43)44)50-24-7-8-25-51(50)57-52/h1-34H. The lowest BCUT2D eigenvalue weighted by Crippen LogP contribution is -2.04. The number of ether oxygens (including phenoxy) is 1. The number of rotatable bonds is 5. The van der Waals surface area contributed by atoms with Crippen LogP contribution >= 0.6 is 0 Å². The van der Waals surface area contributed by atoms with Gasteiger partial charge in [-0.15, -0.1) is 0 Å². The molecule has 1 aliphatic rings. The van der Waals surface area contributed by atoms with Gasteiger partial charge in [-0.3, -0.25) is 0 Å². The Labute approximate surface area is 329 Å². The third-order valence-corrected chi connectivity index (χ3v) is 11.7. The Hall–Kier alpha value is -7.62. The number of hydrogen-bond acceptors (Lipinski definition) is 1. The fourth-order valence-electron chi connectivity index (χ4n) is 9.10. The highest BCUT2D eigenvalue weighted by atomic mass is 16.5. The van der Waals surface area contributed by atoms with Crippen LogP contribution in [0, 0.1) is 0 Å². The first kappa shape index (κ1) is 31.7. The van der Waals surface area contributed by atoms with Gasteiger partial charge < -0.3 is 13.9 Å². The van der Waals surface area contributed by atoms with Gasteiger partial charge in [0, 0.05) is 32.8 Å². The summed E-state index contributed by atoms with van der Waals surface area (Å²) >= 11 is 0. The van der Waals surface area contributed by atoms with Crippen molar-refractivity contribution in [3.8, 4) is 67.4 Å². The average Bonchev–Trinajstić information content (AvgIpc) is 3.81. The molecular formula is C54H34N2O. The molecule has 0 fully saturated rings. The van der Waals surface area contributed by atoms with E-state index >= 15 is 0 Å². The summed E-state index contributed by atoms with van der Waals surface area (Å²) in [7, 11) is 0. The molecule has 12 rings (SSSR count). The fraction of sp³-hybridized carbons (Fsp3) is 0. The molecule has 0 spiro atoms. The molecule has 9 aromatic carbocycles. The molecular weight excluding hydrogens is 693 g/mol. The lowest BCUT2D eigenvalue weighted by Gasteiger charge is -2.21. The number of hydrogen-bond donors (Lipinski definition) is 0. The summed E-state index contributed by atoms with van der Waals surface area (Å²) in [6, 6.07) is 74.5. The van der Waals surface area contributed by atoms with E-state index in [1.807, 2.05) is 6.07 Å². The van der Waals surface area contributed by atoms with Crippen LogP contribution in [0.3, 0.4) is 0 Å². The molecule has 0 saturated heterocycles. The molecule has 3 heterocycles. The Morgan fingerprint density at radius 1 is 0.298 bits per heavy atom. The van der Waals surface area contributed by atoms with Gasteiger partial charge in [-0.2, -0.15) is 0 Å². The van der Waals surface area contributed by atoms with Gasteiger partial charge in [0.15, 0.2) is 11.5 Å². The summed E-state index contributed by atoms with van der Waals surface area (Å²) in [5, 5.41) is 4.89. The summed E-state index contributed by atoms with van der Waals surface area (Å²) in [6.07, 6.45) is 0. The zero-order valence-corrected chi connectivity index (χ0v) is 30.9. The molecule has 1 aliphatic heterocycles. The Balaban J connectivity index is 1.02. The molecule has 0 saturated carbocycles. The largest absolute Gasteiger partial charge is 0.453 e. The smallest absolute Gasteiger partial charge is 0.152 e. The minimum Gasteiger partial charge on any atom is -0.453 e. The van der Waals surface area contributed by atoms with Gasteiger partial charge in [0.1, 0.15) is 0 Å². The third kappa shape index (κ3) is 4.92. The highest BCUT2D eigenvalue weighted by Gasteiger charge is 2.25.